The molecule has 0 aromatic carbocycles. The molecule has 1 saturated heterocycles. The van der Waals surface area contributed by atoms with Crippen molar-refractivity contribution in [2.75, 3.05) is 0 Å². The number of hydrogen-bond acceptors (Lipinski definition) is 3. The molecule has 2 aliphatic rings. The third kappa shape index (κ3) is 2.26. The van der Waals surface area contributed by atoms with E-state index in [1.807, 2.05) is 13.8 Å². The number of carbonyl (C=O) groups excluding carboxylic acids is 3. The second-order valence-corrected chi connectivity index (χ2v) is 5.40. The Hall–Kier alpha value is -0.390. The van der Waals surface area contributed by atoms with Gasteiger partial charge in [-0.3, -0.25) is 20.2 Å². The number of amides is 4. The second kappa shape index (κ2) is 5.94. The van der Waals surface area contributed by atoms with Gasteiger partial charge in [0.15, 0.2) is 0 Å². The number of barbiturate groups is 1. The Balaban J connectivity index is 0.00000180. The maximum atomic E-state index is 12.3. The minimum Gasteiger partial charge on any atom is -0.277 e. The quantitative estimate of drug-likeness (QED) is 0.472. The van der Waals surface area contributed by atoms with Gasteiger partial charge in [0, 0.05) is 0 Å². The Labute approximate surface area is 135 Å². The summed E-state index contributed by atoms with van der Waals surface area (Å²) in [4.78, 5) is 35.8. The number of hydrogen-bond donors (Lipinski definition) is 2. The van der Waals surface area contributed by atoms with Crippen LogP contribution in [0.3, 0.4) is 0 Å². The van der Waals surface area contributed by atoms with Crippen LogP contribution in [-0.4, -0.2) is 17.8 Å². The summed E-state index contributed by atoms with van der Waals surface area (Å²) in [7, 11) is 0. The first-order valence-electron chi connectivity index (χ1n) is 6.65. The van der Waals surface area contributed by atoms with Gasteiger partial charge in [0.05, 0.1) is 0 Å². The molecule has 6 heteroatoms. The van der Waals surface area contributed by atoms with E-state index in [1.54, 1.807) is 0 Å². The van der Waals surface area contributed by atoms with Gasteiger partial charge in [0.2, 0.25) is 11.8 Å². The maximum Gasteiger partial charge on any atom is 1.00 e. The molecule has 2 rings (SSSR count). The van der Waals surface area contributed by atoms with Gasteiger partial charge in [-0.25, -0.2) is 4.79 Å². The summed E-state index contributed by atoms with van der Waals surface area (Å²) in [6.45, 7) is 6.03. The fourth-order valence-corrected chi connectivity index (χ4v) is 3.84. The van der Waals surface area contributed by atoms with Gasteiger partial charge >= 0.3 is 35.6 Å². The monoisotopic (exact) mass is 275 g/mol. The molecule has 1 heterocycles. The minimum absolute atomic E-state index is 0. The molecule has 1 aliphatic carbocycles. The van der Waals surface area contributed by atoms with Crippen molar-refractivity contribution in [2.24, 2.45) is 23.2 Å². The van der Waals surface area contributed by atoms with E-state index in [9.17, 15) is 14.4 Å². The van der Waals surface area contributed by atoms with Crippen molar-refractivity contribution in [1.82, 2.24) is 10.6 Å². The van der Waals surface area contributed by atoms with E-state index in [0.29, 0.717) is 5.92 Å². The molecule has 100 valence electrons. The molecule has 3 unspecified atom stereocenters. The van der Waals surface area contributed by atoms with Crippen LogP contribution in [0.2, 0.25) is 0 Å². The van der Waals surface area contributed by atoms with Crippen LogP contribution in [0.15, 0.2) is 0 Å². The second-order valence-electron chi connectivity index (χ2n) is 5.40. The molecule has 0 radical (unpaired) electrons. The molecular weight excluding hydrogens is 255 g/mol. The molecule has 0 aromatic rings. The third-order valence-corrected chi connectivity index (χ3v) is 4.88. The number of urea groups is 1. The van der Waals surface area contributed by atoms with Gasteiger partial charge in [-0.15, -0.1) is 0 Å². The van der Waals surface area contributed by atoms with E-state index in [4.69, 9.17) is 0 Å². The van der Waals surface area contributed by atoms with Crippen LogP contribution >= 0.6 is 0 Å². The van der Waals surface area contributed by atoms with Crippen LogP contribution in [0.5, 0.6) is 0 Å². The predicted octanol–water partition coefficient (Wildman–Crippen LogP) is -1.56. The van der Waals surface area contributed by atoms with E-state index in [0.717, 1.165) is 19.3 Å². The molecule has 4 amide bonds. The summed E-state index contributed by atoms with van der Waals surface area (Å²) < 4.78 is 0. The molecule has 0 bridgehead atoms. The smallest absolute Gasteiger partial charge is 0.277 e. The van der Waals surface area contributed by atoms with Gasteiger partial charge in [0.25, 0.3) is 0 Å². The number of nitrogens with one attached hydrogen (secondary N) is 2. The first-order valence-corrected chi connectivity index (χ1v) is 6.65. The molecule has 1 spiro atoms. The van der Waals surface area contributed by atoms with Crippen LogP contribution in [0, 0.1) is 23.2 Å². The minimum atomic E-state index is -1.05. The largest absolute Gasteiger partial charge is 1.00 e. The van der Waals surface area contributed by atoms with Crippen molar-refractivity contribution < 1.29 is 43.9 Å². The van der Waals surface area contributed by atoms with Gasteiger partial charge in [-0.2, -0.15) is 0 Å². The van der Waals surface area contributed by atoms with Gasteiger partial charge in [-0.05, 0) is 24.2 Å². The van der Waals surface area contributed by atoms with Crippen molar-refractivity contribution in [3.63, 3.8) is 0 Å². The summed E-state index contributed by atoms with van der Waals surface area (Å²) in [5, 5.41) is 4.54. The predicted molar refractivity (Wildman–Crippen MR) is 65.5 cm³/mol. The summed E-state index contributed by atoms with van der Waals surface area (Å²) >= 11 is 0. The van der Waals surface area contributed by atoms with Crippen LogP contribution in [0.25, 0.3) is 0 Å². The molecule has 3 atom stereocenters. The van der Waals surface area contributed by atoms with Crippen LogP contribution in [0.4, 0.5) is 4.79 Å². The van der Waals surface area contributed by atoms with Crippen molar-refractivity contribution in [2.45, 2.75) is 40.0 Å². The molecule has 1 aliphatic heterocycles. The Bertz CT molecular complexity index is 387. The Kier molecular flexibility index (Phi) is 5.21. The zero-order valence-electron chi connectivity index (χ0n) is 12.1. The van der Waals surface area contributed by atoms with E-state index in [2.05, 4.69) is 17.6 Å². The molecule has 1 saturated carbocycles. The number of carbonyl (C=O) groups is 3. The van der Waals surface area contributed by atoms with Crippen LogP contribution in [0.1, 0.15) is 40.0 Å². The molecule has 2 N–H and O–H groups in total. The zero-order valence-corrected chi connectivity index (χ0v) is 14.1. The molecular formula is C13H20N2NaO3+. The molecule has 0 aromatic heterocycles. The van der Waals surface area contributed by atoms with Crippen molar-refractivity contribution in [3.05, 3.63) is 0 Å². The van der Waals surface area contributed by atoms with E-state index < -0.39 is 23.3 Å². The van der Waals surface area contributed by atoms with Crippen LogP contribution < -0.4 is 40.2 Å². The fraction of sp³-hybridized carbons (Fsp3) is 0.769. The van der Waals surface area contributed by atoms with E-state index in [1.165, 1.54) is 0 Å². The standard InChI is InChI=1S/C13H20N2O3.Na/c1-4-8-6-9(5-2)13(7(8)3)10(16)14-12(18)15-11(13)17;/h7-9H,4-6H2,1-3H3,(H2,14,15,16,17,18);/q;+1. The van der Waals surface area contributed by atoms with Gasteiger partial charge in [-0.1, -0.05) is 33.6 Å². The molecule has 2 fully saturated rings. The first kappa shape index (κ1) is 16.7. The van der Waals surface area contributed by atoms with Crippen molar-refractivity contribution in [1.29, 1.82) is 0 Å². The third-order valence-electron chi connectivity index (χ3n) is 4.88. The molecule has 5 nitrogen and oxygen atoms in total. The summed E-state index contributed by atoms with van der Waals surface area (Å²) in [5.74, 6) is -0.469. The number of rotatable bonds is 2. The SMILES string of the molecule is CCC1CC(CC)C2(C(=O)NC(=O)NC2=O)C1C.[Na+]. The zero-order chi connectivity index (χ0) is 13.5. The van der Waals surface area contributed by atoms with Crippen molar-refractivity contribution >= 4 is 17.8 Å². The first-order chi connectivity index (χ1) is 8.48. The van der Waals surface area contributed by atoms with Gasteiger partial charge in [0.1, 0.15) is 5.41 Å². The van der Waals surface area contributed by atoms with E-state index in [-0.39, 0.29) is 41.4 Å². The Morgan fingerprint density at radius 2 is 1.63 bits per heavy atom. The Morgan fingerprint density at radius 3 is 2.05 bits per heavy atom. The normalized spacial score (nSPS) is 32.8. The Morgan fingerprint density at radius 1 is 1.11 bits per heavy atom. The summed E-state index contributed by atoms with van der Waals surface area (Å²) in [5.41, 5.74) is -1.05. The van der Waals surface area contributed by atoms with Gasteiger partial charge < -0.3 is 0 Å². The average molecular weight is 275 g/mol. The van der Waals surface area contributed by atoms with Crippen LogP contribution in [-0.2, 0) is 9.59 Å². The van der Waals surface area contributed by atoms with E-state index >= 15 is 0 Å². The summed E-state index contributed by atoms with van der Waals surface area (Å²) in [6.07, 6.45) is 2.60. The topological polar surface area (TPSA) is 75.3 Å². The fourth-order valence-electron chi connectivity index (χ4n) is 3.84. The number of imide groups is 2. The maximum absolute atomic E-state index is 12.3. The van der Waals surface area contributed by atoms with Crippen molar-refractivity contribution in [3.8, 4) is 0 Å². The molecule has 19 heavy (non-hydrogen) atoms. The summed E-state index contributed by atoms with van der Waals surface area (Å²) in [6, 6.07) is -0.697. The average Bonchev–Trinajstić information content (AvgIpc) is 2.60.